The van der Waals surface area contributed by atoms with Crippen LogP contribution in [0, 0.1) is 0 Å². The van der Waals surface area contributed by atoms with Crippen LogP contribution in [0.5, 0.6) is 0 Å². The standard InChI is InChI=1S/C56H39N/c1-4-15-42(16-5-1)52-36-30-48(39-55(52)44-19-8-3-9-20-44)41-24-31-49(32-25-41)57(51-35-26-40-14-10-11-22-47(40)38-51)50-33-27-46(28-34-50)56-53-23-13-12-21-45(53)29-37-54(56)43-17-6-2-7-18-43/h1-39H/i24D,25D,31D,32D. The van der Waals surface area contributed by atoms with Crippen LogP contribution in [0.3, 0.4) is 0 Å². The van der Waals surface area contributed by atoms with Crippen LogP contribution < -0.4 is 4.90 Å². The van der Waals surface area contributed by atoms with E-state index in [0.29, 0.717) is 11.3 Å². The van der Waals surface area contributed by atoms with Gasteiger partial charge in [0, 0.05) is 17.1 Å². The first kappa shape index (κ1) is 29.8. The van der Waals surface area contributed by atoms with E-state index in [-0.39, 0.29) is 35.4 Å². The summed E-state index contributed by atoms with van der Waals surface area (Å²) >= 11 is 0. The predicted octanol–water partition coefficient (Wildman–Crippen LogP) is 15.8. The maximum atomic E-state index is 9.67. The highest BCUT2D eigenvalue weighted by Crippen LogP contribution is 2.42. The zero-order valence-electron chi connectivity index (χ0n) is 35.2. The molecule has 10 aromatic rings. The normalized spacial score (nSPS) is 12.1. The zero-order chi connectivity index (χ0) is 41.5. The summed E-state index contributed by atoms with van der Waals surface area (Å²) in [5, 5.41) is 4.36. The second kappa shape index (κ2) is 15.0. The monoisotopic (exact) mass is 729 g/mol. The largest absolute Gasteiger partial charge is 0.310 e. The molecule has 0 atom stereocenters. The molecule has 0 bridgehead atoms. The summed E-state index contributed by atoms with van der Waals surface area (Å²) < 4.78 is 38.5. The van der Waals surface area contributed by atoms with Crippen molar-refractivity contribution in [1.29, 1.82) is 0 Å². The van der Waals surface area contributed by atoms with Gasteiger partial charge in [-0.25, -0.2) is 0 Å². The van der Waals surface area contributed by atoms with Gasteiger partial charge in [0.1, 0.15) is 0 Å². The predicted molar refractivity (Wildman–Crippen MR) is 243 cm³/mol. The molecule has 0 aliphatic heterocycles. The number of nitrogens with zero attached hydrogens (tertiary/aromatic N) is 1. The molecule has 10 rings (SSSR count). The average Bonchev–Trinajstić information content (AvgIpc) is 3.32. The smallest absolute Gasteiger partial charge is 0.0645 e. The Kier molecular flexibility index (Phi) is 7.84. The highest BCUT2D eigenvalue weighted by atomic mass is 15.1. The van der Waals surface area contributed by atoms with E-state index in [2.05, 4.69) is 109 Å². The van der Waals surface area contributed by atoms with Gasteiger partial charge in [0.25, 0.3) is 0 Å². The Morgan fingerprint density at radius 3 is 1.47 bits per heavy atom. The van der Waals surface area contributed by atoms with E-state index in [0.717, 1.165) is 71.7 Å². The maximum absolute atomic E-state index is 9.67. The molecular formula is C56H39N. The first-order valence-electron chi connectivity index (χ1n) is 21.3. The van der Waals surface area contributed by atoms with Gasteiger partial charge in [-0.15, -0.1) is 0 Å². The Hall–Kier alpha value is -7.48. The molecule has 268 valence electrons. The lowest BCUT2D eigenvalue weighted by Gasteiger charge is -2.26. The van der Waals surface area contributed by atoms with Crippen molar-refractivity contribution in [2.24, 2.45) is 0 Å². The number of hydrogen-bond acceptors (Lipinski definition) is 1. The topological polar surface area (TPSA) is 3.24 Å². The Balaban J connectivity index is 1.14. The van der Waals surface area contributed by atoms with Crippen LogP contribution in [0.2, 0.25) is 0 Å². The summed E-state index contributed by atoms with van der Waals surface area (Å²) in [6, 6.07) is 71.4. The van der Waals surface area contributed by atoms with Crippen LogP contribution in [-0.2, 0) is 0 Å². The minimum atomic E-state index is -0.123. The second-order valence-corrected chi connectivity index (χ2v) is 14.2. The molecule has 0 fully saturated rings. The Labute approximate surface area is 340 Å². The molecule has 0 spiro atoms. The molecule has 0 aliphatic rings. The van der Waals surface area contributed by atoms with Crippen LogP contribution in [0.25, 0.3) is 77.2 Å². The SMILES string of the molecule is [2H]c1c([2H])c(N(c2ccc(-c3c(-c4ccccc4)ccc4ccccc34)cc2)c2ccc3ccccc3c2)c([2H])c([2H])c1-c1ccc(-c2ccccc2)c(-c2ccccc2)c1. The molecule has 0 saturated heterocycles. The second-order valence-electron chi connectivity index (χ2n) is 14.2. The third-order valence-electron chi connectivity index (χ3n) is 10.7. The van der Waals surface area contributed by atoms with Crippen molar-refractivity contribution in [1.82, 2.24) is 0 Å². The number of benzene rings is 10. The number of anilines is 3. The Morgan fingerprint density at radius 2 is 0.789 bits per heavy atom. The first-order valence-corrected chi connectivity index (χ1v) is 19.3. The van der Waals surface area contributed by atoms with Crippen LogP contribution in [0.1, 0.15) is 5.48 Å². The van der Waals surface area contributed by atoms with Gasteiger partial charge in [-0.2, -0.15) is 0 Å². The molecule has 0 aromatic heterocycles. The first-order chi connectivity index (χ1) is 29.9. The van der Waals surface area contributed by atoms with Crippen molar-refractivity contribution in [3.8, 4) is 55.6 Å². The fourth-order valence-corrected chi connectivity index (χ4v) is 7.93. The summed E-state index contributed by atoms with van der Waals surface area (Å²) in [5.74, 6) is 0. The summed E-state index contributed by atoms with van der Waals surface area (Å²) in [6.07, 6.45) is 0. The van der Waals surface area contributed by atoms with E-state index >= 15 is 0 Å². The third kappa shape index (κ3) is 6.66. The van der Waals surface area contributed by atoms with Crippen molar-refractivity contribution in [3.05, 3.63) is 236 Å². The van der Waals surface area contributed by atoms with Crippen LogP contribution in [-0.4, -0.2) is 0 Å². The minimum absolute atomic E-state index is 0.104. The van der Waals surface area contributed by atoms with E-state index in [1.807, 2.05) is 108 Å². The van der Waals surface area contributed by atoms with Gasteiger partial charge >= 0.3 is 0 Å². The summed E-state index contributed by atoms with van der Waals surface area (Å²) in [7, 11) is 0. The molecule has 0 N–H and O–H groups in total. The van der Waals surface area contributed by atoms with Crippen molar-refractivity contribution in [2.75, 3.05) is 4.90 Å². The molecule has 0 unspecified atom stereocenters. The quantitative estimate of drug-likeness (QED) is 0.151. The molecular weight excluding hydrogens is 687 g/mol. The lowest BCUT2D eigenvalue weighted by atomic mass is 9.89. The summed E-state index contributed by atoms with van der Waals surface area (Å²) in [6.45, 7) is 0. The fraction of sp³-hybridized carbons (Fsp3) is 0. The van der Waals surface area contributed by atoms with Gasteiger partial charge in [-0.3, -0.25) is 0 Å². The van der Waals surface area contributed by atoms with Gasteiger partial charge in [-0.1, -0.05) is 194 Å². The van der Waals surface area contributed by atoms with Crippen molar-refractivity contribution < 1.29 is 5.48 Å². The van der Waals surface area contributed by atoms with Gasteiger partial charge in [-0.05, 0) is 120 Å². The van der Waals surface area contributed by atoms with E-state index in [9.17, 15) is 5.48 Å². The Bertz CT molecular complexity index is 3190. The minimum Gasteiger partial charge on any atom is -0.310 e. The molecule has 0 amide bonds. The van der Waals surface area contributed by atoms with Crippen molar-refractivity contribution in [2.45, 2.75) is 0 Å². The summed E-state index contributed by atoms with van der Waals surface area (Å²) in [4.78, 5) is 1.87. The van der Waals surface area contributed by atoms with Crippen molar-refractivity contribution in [3.63, 3.8) is 0 Å². The maximum Gasteiger partial charge on any atom is 0.0645 e. The van der Waals surface area contributed by atoms with Gasteiger partial charge in [0.2, 0.25) is 0 Å². The van der Waals surface area contributed by atoms with Crippen LogP contribution in [0.4, 0.5) is 17.1 Å². The van der Waals surface area contributed by atoms with Gasteiger partial charge in [0.15, 0.2) is 0 Å². The molecule has 0 aliphatic carbocycles. The molecule has 1 heteroatoms. The Morgan fingerprint density at radius 1 is 0.281 bits per heavy atom. The van der Waals surface area contributed by atoms with Gasteiger partial charge < -0.3 is 4.90 Å². The molecule has 0 radical (unpaired) electrons. The lowest BCUT2D eigenvalue weighted by Crippen LogP contribution is -2.09. The average molecular weight is 730 g/mol. The molecule has 1 nitrogen and oxygen atoms in total. The lowest BCUT2D eigenvalue weighted by molar-refractivity contribution is 1.29. The number of fused-ring (bicyclic) bond motifs is 2. The molecule has 0 saturated carbocycles. The van der Waals surface area contributed by atoms with Gasteiger partial charge in [0.05, 0.1) is 5.48 Å². The fourth-order valence-electron chi connectivity index (χ4n) is 7.93. The molecule has 0 heterocycles. The van der Waals surface area contributed by atoms with E-state index in [4.69, 9.17) is 0 Å². The number of rotatable bonds is 8. The highest BCUT2D eigenvalue weighted by molar-refractivity contribution is 6.04. The third-order valence-corrected chi connectivity index (χ3v) is 10.7. The van der Waals surface area contributed by atoms with Crippen LogP contribution in [0.15, 0.2) is 236 Å². The molecule has 57 heavy (non-hydrogen) atoms. The number of hydrogen-bond donors (Lipinski definition) is 0. The van der Waals surface area contributed by atoms with E-state index in [1.165, 1.54) is 0 Å². The van der Waals surface area contributed by atoms with E-state index < -0.39 is 0 Å². The van der Waals surface area contributed by atoms with E-state index in [1.54, 1.807) is 0 Å². The molecule has 10 aromatic carbocycles. The van der Waals surface area contributed by atoms with Crippen LogP contribution >= 0.6 is 0 Å². The summed E-state index contributed by atoms with van der Waals surface area (Å²) in [5.41, 5.74) is 10.9. The zero-order valence-corrected chi connectivity index (χ0v) is 31.2. The van der Waals surface area contributed by atoms with Crippen molar-refractivity contribution >= 4 is 38.6 Å². The highest BCUT2D eigenvalue weighted by Gasteiger charge is 2.17.